The molecule has 1 aliphatic carbocycles. The third-order valence-electron chi connectivity index (χ3n) is 2.93. The lowest BCUT2D eigenvalue weighted by molar-refractivity contribution is 0.0923. The molecule has 1 aliphatic rings. The van der Waals surface area contributed by atoms with E-state index in [2.05, 4.69) is 15.9 Å². The van der Waals surface area contributed by atoms with Crippen LogP contribution in [0.5, 0.6) is 0 Å². The lowest BCUT2D eigenvalue weighted by Crippen LogP contribution is -2.10. The third kappa shape index (κ3) is 2.43. The minimum Gasteiger partial charge on any atom is -0.294 e. The molecule has 0 aliphatic heterocycles. The van der Waals surface area contributed by atoms with E-state index in [9.17, 15) is 4.79 Å². The molecule has 0 atom stereocenters. The van der Waals surface area contributed by atoms with Crippen LogP contribution in [0, 0.1) is 5.92 Å². The predicted octanol–water partition coefficient (Wildman–Crippen LogP) is 4.48. The lowest BCUT2D eigenvalue weighted by atomic mass is 9.96. The molecule has 80 valence electrons. The number of carbonyl (C=O) groups is 1. The van der Waals surface area contributed by atoms with E-state index in [1.54, 1.807) is 6.07 Å². The molecule has 0 aromatic heterocycles. The highest BCUT2D eigenvalue weighted by Crippen LogP contribution is 2.30. The Labute approximate surface area is 103 Å². The number of carbonyl (C=O) groups excluding carboxylic acids is 1. The molecule has 0 saturated heterocycles. The highest BCUT2D eigenvalue weighted by molar-refractivity contribution is 9.10. The van der Waals surface area contributed by atoms with Crippen LogP contribution in [0.25, 0.3) is 0 Å². The normalized spacial score (nSPS) is 16.9. The van der Waals surface area contributed by atoms with Crippen LogP contribution in [0.15, 0.2) is 22.7 Å². The van der Waals surface area contributed by atoms with Crippen LogP contribution in [-0.2, 0) is 0 Å². The first-order valence-corrected chi connectivity index (χ1v) is 6.35. The average Bonchev–Trinajstić information content (AvgIpc) is 2.74. The van der Waals surface area contributed by atoms with Crippen LogP contribution < -0.4 is 0 Å². The second-order valence-corrected chi connectivity index (χ2v) is 5.24. The molecule has 1 saturated carbocycles. The number of halogens is 2. The first kappa shape index (κ1) is 11.2. The number of hydrogen-bond donors (Lipinski definition) is 0. The summed E-state index contributed by atoms with van der Waals surface area (Å²) < 4.78 is 0.840. The van der Waals surface area contributed by atoms with Crippen LogP contribution in [0.1, 0.15) is 36.0 Å². The third-order valence-corrected chi connectivity index (χ3v) is 4.16. The highest BCUT2D eigenvalue weighted by atomic mass is 79.9. The minimum atomic E-state index is 0.224. The average molecular weight is 288 g/mol. The van der Waals surface area contributed by atoms with Crippen LogP contribution >= 0.6 is 27.5 Å². The van der Waals surface area contributed by atoms with Gasteiger partial charge in [-0.1, -0.05) is 30.5 Å². The van der Waals surface area contributed by atoms with Crippen LogP contribution in [0.4, 0.5) is 0 Å². The van der Waals surface area contributed by atoms with Crippen molar-refractivity contribution in [3.8, 4) is 0 Å². The monoisotopic (exact) mass is 286 g/mol. The molecule has 1 aromatic rings. The van der Waals surface area contributed by atoms with Gasteiger partial charge in [-0.05, 0) is 40.9 Å². The molecular formula is C12H12BrClO. The summed E-state index contributed by atoms with van der Waals surface area (Å²) in [6.07, 6.45) is 4.43. The highest BCUT2D eigenvalue weighted by Gasteiger charge is 2.23. The van der Waals surface area contributed by atoms with Crippen molar-refractivity contribution in [1.82, 2.24) is 0 Å². The van der Waals surface area contributed by atoms with Crippen molar-refractivity contribution < 1.29 is 4.79 Å². The molecule has 2 rings (SSSR count). The van der Waals surface area contributed by atoms with E-state index < -0.39 is 0 Å². The number of hydrogen-bond acceptors (Lipinski definition) is 1. The number of rotatable bonds is 2. The molecule has 0 N–H and O–H groups in total. The Hall–Kier alpha value is -0.340. The second kappa shape index (κ2) is 4.67. The van der Waals surface area contributed by atoms with Gasteiger partial charge in [0.1, 0.15) is 0 Å². The maximum absolute atomic E-state index is 12.0. The van der Waals surface area contributed by atoms with E-state index in [1.807, 2.05) is 12.1 Å². The van der Waals surface area contributed by atoms with Gasteiger partial charge in [0.05, 0.1) is 5.02 Å². The van der Waals surface area contributed by atoms with Gasteiger partial charge in [-0.25, -0.2) is 0 Å². The molecule has 0 unspecified atom stereocenters. The van der Waals surface area contributed by atoms with Gasteiger partial charge in [0.25, 0.3) is 0 Å². The van der Waals surface area contributed by atoms with Gasteiger partial charge < -0.3 is 0 Å². The van der Waals surface area contributed by atoms with Gasteiger partial charge in [0, 0.05) is 16.0 Å². The summed E-state index contributed by atoms with van der Waals surface area (Å²) in [5, 5.41) is 0.610. The number of benzene rings is 1. The fourth-order valence-electron chi connectivity index (χ4n) is 2.07. The van der Waals surface area contributed by atoms with Gasteiger partial charge in [-0.3, -0.25) is 4.79 Å². The summed E-state index contributed by atoms with van der Waals surface area (Å²) >= 11 is 9.28. The van der Waals surface area contributed by atoms with E-state index in [4.69, 9.17) is 11.6 Å². The van der Waals surface area contributed by atoms with E-state index in [0.29, 0.717) is 5.02 Å². The van der Waals surface area contributed by atoms with Gasteiger partial charge >= 0.3 is 0 Å². The molecular weight excluding hydrogens is 275 g/mol. The Morgan fingerprint density at radius 3 is 2.60 bits per heavy atom. The minimum absolute atomic E-state index is 0.224. The van der Waals surface area contributed by atoms with Crippen molar-refractivity contribution in [1.29, 1.82) is 0 Å². The van der Waals surface area contributed by atoms with Gasteiger partial charge in [0.15, 0.2) is 5.78 Å². The molecule has 0 radical (unpaired) electrons. The van der Waals surface area contributed by atoms with E-state index in [1.165, 1.54) is 12.8 Å². The quantitative estimate of drug-likeness (QED) is 0.733. The molecule has 0 amide bonds. The first-order chi connectivity index (χ1) is 7.18. The number of Topliss-reactive ketones (excluding diaryl/α,β-unsaturated/α-hetero) is 1. The Morgan fingerprint density at radius 2 is 2.00 bits per heavy atom. The van der Waals surface area contributed by atoms with Crippen molar-refractivity contribution in [3.05, 3.63) is 33.3 Å². The largest absolute Gasteiger partial charge is 0.294 e. The zero-order valence-electron chi connectivity index (χ0n) is 8.30. The summed E-state index contributed by atoms with van der Waals surface area (Å²) in [7, 11) is 0. The van der Waals surface area contributed by atoms with E-state index >= 15 is 0 Å². The van der Waals surface area contributed by atoms with Crippen LogP contribution in [-0.4, -0.2) is 5.78 Å². The maximum Gasteiger partial charge on any atom is 0.165 e. The predicted molar refractivity (Wildman–Crippen MR) is 65.4 cm³/mol. The summed E-state index contributed by atoms with van der Waals surface area (Å²) in [5.41, 5.74) is 0.745. The molecule has 0 bridgehead atoms. The maximum atomic E-state index is 12.0. The zero-order valence-corrected chi connectivity index (χ0v) is 10.6. The smallest absolute Gasteiger partial charge is 0.165 e. The molecule has 1 fully saturated rings. The van der Waals surface area contributed by atoms with E-state index in [-0.39, 0.29) is 11.7 Å². The number of ketones is 1. The molecule has 1 nitrogen and oxygen atoms in total. The van der Waals surface area contributed by atoms with Crippen LogP contribution in [0.2, 0.25) is 5.02 Å². The van der Waals surface area contributed by atoms with E-state index in [0.717, 1.165) is 22.9 Å². The topological polar surface area (TPSA) is 17.1 Å². The second-order valence-electron chi connectivity index (χ2n) is 3.97. The van der Waals surface area contributed by atoms with Crippen molar-refractivity contribution >= 4 is 33.3 Å². The fraction of sp³-hybridized carbons (Fsp3) is 0.417. The van der Waals surface area contributed by atoms with Gasteiger partial charge in [0.2, 0.25) is 0 Å². The molecule has 3 heteroatoms. The Kier molecular flexibility index (Phi) is 3.47. The van der Waals surface area contributed by atoms with Crippen molar-refractivity contribution in [2.75, 3.05) is 0 Å². The van der Waals surface area contributed by atoms with Crippen molar-refractivity contribution in [2.24, 2.45) is 5.92 Å². The zero-order chi connectivity index (χ0) is 10.8. The SMILES string of the molecule is O=C(c1ccc(Br)c(Cl)c1)C1CCCC1. The fourth-order valence-corrected chi connectivity index (χ4v) is 2.50. The molecule has 1 aromatic carbocycles. The first-order valence-electron chi connectivity index (χ1n) is 5.18. The van der Waals surface area contributed by atoms with Gasteiger partial charge in [-0.2, -0.15) is 0 Å². The summed E-state index contributed by atoms with van der Waals surface area (Å²) in [5.74, 6) is 0.476. The Balaban J connectivity index is 2.21. The molecule has 0 heterocycles. The Bertz CT molecular complexity index is 383. The van der Waals surface area contributed by atoms with Crippen molar-refractivity contribution in [3.63, 3.8) is 0 Å². The summed E-state index contributed by atoms with van der Waals surface area (Å²) in [4.78, 5) is 12.0. The van der Waals surface area contributed by atoms with Crippen LogP contribution in [0.3, 0.4) is 0 Å². The lowest BCUT2D eigenvalue weighted by Gasteiger charge is -2.08. The molecule has 15 heavy (non-hydrogen) atoms. The molecule has 0 spiro atoms. The van der Waals surface area contributed by atoms with Gasteiger partial charge in [-0.15, -0.1) is 0 Å². The standard InChI is InChI=1S/C12H12BrClO/c13-10-6-5-9(7-11(10)14)12(15)8-3-1-2-4-8/h5-8H,1-4H2. The summed E-state index contributed by atoms with van der Waals surface area (Å²) in [6, 6.07) is 5.44. The van der Waals surface area contributed by atoms with Crippen molar-refractivity contribution in [2.45, 2.75) is 25.7 Å². The Morgan fingerprint density at radius 1 is 1.33 bits per heavy atom. The summed E-state index contributed by atoms with van der Waals surface area (Å²) in [6.45, 7) is 0.